The number of nitrogens with one attached hydrogen (secondary N) is 2. The molecule has 1 saturated heterocycles. The first-order valence-corrected chi connectivity index (χ1v) is 11.3. The van der Waals surface area contributed by atoms with Crippen LogP contribution in [-0.4, -0.2) is 59.4 Å². The Balaban J connectivity index is 1.30. The third-order valence-corrected chi connectivity index (χ3v) is 7.03. The van der Waals surface area contributed by atoms with Crippen LogP contribution in [0.1, 0.15) is 66.2 Å². The van der Waals surface area contributed by atoms with Gasteiger partial charge >= 0.3 is 12.2 Å². The lowest BCUT2D eigenvalue weighted by Gasteiger charge is -2.59. The quantitative estimate of drug-likeness (QED) is 0.730. The SMILES string of the molecule is CC(=O)NC12CC3CC(C1)C(OC(=O)N1CCC(NC(=O)OC(C)(C)C)C1)C(C3)C2. The molecule has 0 spiro atoms. The summed E-state index contributed by atoms with van der Waals surface area (Å²) in [6, 6.07) is -0.117. The van der Waals surface area contributed by atoms with Gasteiger partial charge in [-0.15, -0.1) is 0 Å². The van der Waals surface area contributed by atoms with Gasteiger partial charge in [0.2, 0.25) is 5.91 Å². The molecule has 3 amide bonds. The Morgan fingerprint density at radius 1 is 1.07 bits per heavy atom. The van der Waals surface area contributed by atoms with E-state index in [-0.39, 0.29) is 29.7 Å². The number of amides is 3. The van der Waals surface area contributed by atoms with Crippen molar-refractivity contribution < 1.29 is 23.9 Å². The lowest BCUT2D eigenvalue weighted by Crippen LogP contribution is -2.64. The van der Waals surface area contributed by atoms with Crippen LogP contribution in [0.2, 0.25) is 0 Å². The number of hydrogen-bond donors (Lipinski definition) is 2. The molecule has 168 valence electrons. The maximum absolute atomic E-state index is 12.8. The minimum Gasteiger partial charge on any atom is -0.446 e. The van der Waals surface area contributed by atoms with Crippen LogP contribution in [0.3, 0.4) is 0 Å². The van der Waals surface area contributed by atoms with Gasteiger partial charge in [-0.3, -0.25) is 4.79 Å². The summed E-state index contributed by atoms with van der Waals surface area (Å²) < 4.78 is 11.3. The molecule has 3 atom stereocenters. The van der Waals surface area contributed by atoms with Crippen LogP contribution in [0.4, 0.5) is 9.59 Å². The van der Waals surface area contributed by atoms with Gasteiger partial charge in [-0.1, -0.05) is 0 Å². The van der Waals surface area contributed by atoms with Crippen LogP contribution in [0.15, 0.2) is 0 Å². The maximum atomic E-state index is 12.8. The molecule has 4 bridgehead atoms. The standard InChI is InChI=1S/C22H35N3O5/c1-13(26)24-22-9-14-7-15(10-22)18(16(8-14)11-22)29-20(28)25-6-5-17(12-25)23-19(27)30-21(2,3)4/h14-18H,5-12H2,1-4H3,(H,23,27)(H,24,26). The first-order valence-electron chi connectivity index (χ1n) is 11.3. The van der Waals surface area contributed by atoms with Crippen molar-refractivity contribution >= 4 is 18.1 Å². The molecule has 0 radical (unpaired) electrons. The molecule has 0 aromatic carbocycles. The molecule has 1 heterocycles. The van der Waals surface area contributed by atoms with Crippen LogP contribution in [0.25, 0.3) is 0 Å². The highest BCUT2D eigenvalue weighted by Gasteiger charge is 2.57. The summed E-state index contributed by atoms with van der Waals surface area (Å²) in [4.78, 5) is 38.2. The summed E-state index contributed by atoms with van der Waals surface area (Å²) in [6.07, 6.45) is 4.93. The number of likely N-dealkylation sites (tertiary alicyclic amines) is 1. The molecular weight excluding hydrogens is 386 g/mol. The van der Waals surface area contributed by atoms with Crippen molar-refractivity contribution in [3.63, 3.8) is 0 Å². The number of rotatable bonds is 3. The molecule has 1 aliphatic heterocycles. The molecular formula is C22H35N3O5. The zero-order chi connectivity index (χ0) is 21.7. The number of nitrogens with zero attached hydrogens (tertiary/aromatic N) is 1. The van der Waals surface area contributed by atoms with Crippen molar-refractivity contribution in [2.24, 2.45) is 17.8 Å². The predicted octanol–water partition coefficient (Wildman–Crippen LogP) is 2.81. The summed E-state index contributed by atoms with van der Waals surface area (Å²) in [5.74, 6) is 1.31. The predicted molar refractivity (Wildman–Crippen MR) is 110 cm³/mol. The Morgan fingerprint density at radius 3 is 2.33 bits per heavy atom. The van der Waals surface area contributed by atoms with E-state index >= 15 is 0 Å². The van der Waals surface area contributed by atoms with Gasteiger partial charge in [0.15, 0.2) is 0 Å². The number of carbonyl (C=O) groups is 3. The smallest absolute Gasteiger partial charge is 0.410 e. The van der Waals surface area contributed by atoms with Gasteiger partial charge in [0.1, 0.15) is 11.7 Å². The molecule has 0 aromatic rings. The van der Waals surface area contributed by atoms with Crippen LogP contribution in [-0.2, 0) is 14.3 Å². The Hall–Kier alpha value is -1.99. The zero-order valence-electron chi connectivity index (χ0n) is 18.5. The molecule has 30 heavy (non-hydrogen) atoms. The number of hydrogen-bond acceptors (Lipinski definition) is 5. The van der Waals surface area contributed by atoms with Gasteiger partial charge in [0, 0.05) is 25.6 Å². The fourth-order valence-electron chi connectivity index (χ4n) is 6.41. The van der Waals surface area contributed by atoms with E-state index in [9.17, 15) is 14.4 Å². The molecule has 5 rings (SSSR count). The largest absolute Gasteiger partial charge is 0.446 e. The summed E-state index contributed by atoms with van der Waals surface area (Å²) in [5, 5.41) is 6.06. The highest BCUT2D eigenvalue weighted by atomic mass is 16.6. The lowest BCUT2D eigenvalue weighted by atomic mass is 9.51. The monoisotopic (exact) mass is 421 g/mol. The van der Waals surface area contributed by atoms with Gasteiger partial charge in [-0.05, 0) is 77.0 Å². The Bertz CT molecular complexity index is 702. The average molecular weight is 422 g/mol. The minimum atomic E-state index is -0.546. The van der Waals surface area contributed by atoms with E-state index in [0.29, 0.717) is 37.3 Å². The van der Waals surface area contributed by atoms with Gasteiger partial charge in [0.25, 0.3) is 0 Å². The molecule has 5 aliphatic rings. The second-order valence-electron chi connectivity index (χ2n) is 10.9. The highest BCUT2D eigenvalue weighted by Crippen LogP contribution is 2.56. The number of carbonyl (C=O) groups excluding carboxylic acids is 3. The van der Waals surface area contributed by atoms with E-state index in [1.165, 1.54) is 0 Å². The zero-order valence-corrected chi connectivity index (χ0v) is 18.5. The molecule has 2 N–H and O–H groups in total. The van der Waals surface area contributed by atoms with E-state index in [1.54, 1.807) is 11.8 Å². The number of ether oxygens (including phenoxy) is 2. The third-order valence-electron chi connectivity index (χ3n) is 7.03. The topological polar surface area (TPSA) is 97.0 Å². The first-order chi connectivity index (χ1) is 14.0. The Morgan fingerprint density at radius 2 is 1.73 bits per heavy atom. The van der Waals surface area contributed by atoms with Gasteiger partial charge in [0.05, 0.1) is 6.04 Å². The van der Waals surface area contributed by atoms with Crippen molar-refractivity contribution in [1.29, 1.82) is 0 Å². The van der Waals surface area contributed by atoms with E-state index in [0.717, 1.165) is 32.1 Å². The third kappa shape index (κ3) is 4.52. The van der Waals surface area contributed by atoms with E-state index in [2.05, 4.69) is 10.6 Å². The average Bonchev–Trinajstić information content (AvgIpc) is 3.02. The highest BCUT2D eigenvalue weighted by molar-refractivity contribution is 5.74. The second-order valence-corrected chi connectivity index (χ2v) is 10.9. The van der Waals surface area contributed by atoms with E-state index in [1.807, 2.05) is 20.8 Å². The number of alkyl carbamates (subject to hydrolysis) is 1. The van der Waals surface area contributed by atoms with Gasteiger partial charge in [-0.25, -0.2) is 9.59 Å². The van der Waals surface area contributed by atoms with Crippen LogP contribution in [0, 0.1) is 17.8 Å². The first kappa shape index (κ1) is 21.2. The minimum absolute atomic E-state index is 0.0334. The van der Waals surface area contributed by atoms with Crippen molar-refractivity contribution in [1.82, 2.24) is 15.5 Å². The molecule has 4 aliphatic carbocycles. The second kappa shape index (κ2) is 7.61. The fraction of sp³-hybridized carbons (Fsp3) is 0.864. The van der Waals surface area contributed by atoms with Crippen LogP contribution < -0.4 is 10.6 Å². The molecule has 5 fully saturated rings. The summed E-state index contributed by atoms with van der Waals surface area (Å²) in [7, 11) is 0. The lowest BCUT2D eigenvalue weighted by molar-refractivity contribution is -0.137. The molecule has 8 nitrogen and oxygen atoms in total. The van der Waals surface area contributed by atoms with Crippen molar-refractivity contribution in [3.8, 4) is 0 Å². The fourth-order valence-corrected chi connectivity index (χ4v) is 6.41. The molecule has 4 saturated carbocycles. The molecule has 8 heteroatoms. The summed E-state index contributed by atoms with van der Waals surface area (Å²) in [6.45, 7) is 8.08. The maximum Gasteiger partial charge on any atom is 0.410 e. The van der Waals surface area contributed by atoms with E-state index < -0.39 is 11.7 Å². The molecule has 3 unspecified atom stereocenters. The summed E-state index contributed by atoms with van der Waals surface area (Å²) >= 11 is 0. The van der Waals surface area contributed by atoms with Crippen molar-refractivity contribution in [3.05, 3.63) is 0 Å². The van der Waals surface area contributed by atoms with Crippen molar-refractivity contribution in [2.45, 2.75) is 89.5 Å². The Kier molecular flexibility index (Phi) is 5.39. The summed E-state index contributed by atoms with van der Waals surface area (Å²) in [5.41, 5.74) is -0.642. The normalized spacial score (nSPS) is 37.1. The van der Waals surface area contributed by atoms with Crippen LogP contribution in [0.5, 0.6) is 0 Å². The van der Waals surface area contributed by atoms with E-state index in [4.69, 9.17) is 9.47 Å². The van der Waals surface area contributed by atoms with Crippen LogP contribution >= 0.6 is 0 Å². The molecule has 0 aromatic heterocycles. The van der Waals surface area contributed by atoms with Gasteiger partial charge in [-0.2, -0.15) is 0 Å². The van der Waals surface area contributed by atoms with Gasteiger partial charge < -0.3 is 25.0 Å². The Labute approximate surface area is 178 Å². The van der Waals surface area contributed by atoms with Crippen molar-refractivity contribution in [2.75, 3.05) is 13.1 Å².